The van der Waals surface area contributed by atoms with Crippen molar-refractivity contribution < 1.29 is 29.1 Å². The molecule has 1 atom stereocenters. The van der Waals surface area contributed by atoms with E-state index in [-0.39, 0.29) is 29.2 Å². The highest BCUT2D eigenvalue weighted by Gasteiger charge is 2.34. The first kappa shape index (κ1) is 18.0. The van der Waals surface area contributed by atoms with E-state index in [9.17, 15) is 24.8 Å². The lowest BCUT2D eigenvalue weighted by molar-refractivity contribution is -0.386. The van der Waals surface area contributed by atoms with Crippen LogP contribution in [0.3, 0.4) is 0 Å². The molecule has 0 saturated carbocycles. The molecular weight excluding hydrogens is 334 g/mol. The molecule has 3 N–H and O–H groups in total. The fourth-order valence-electron chi connectivity index (χ4n) is 2.50. The highest BCUT2D eigenvalue weighted by atomic mass is 16.6. The number of rotatable bonds is 5. The van der Waals surface area contributed by atoms with Crippen LogP contribution in [-0.4, -0.2) is 35.7 Å². The summed E-state index contributed by atoms with van der Waals surface area (Å²) in [6.45, 7) is 3.27. The number of phenols is 1. The number of hydrogen-bond donors (Lipinski definition) is 3. The maximum Gasteiger partial charge on any atom is 0.338 e. The lowest BCUT2D eigenvalue weighted by atomic mass is 9.94. The largest absolute Gasteiger partial charge is 0.500 e. The highest BCUT2D eigenvalue weighted by molar-refractivity contribution is 5.95. The number of benzene rings is 1. The van der Waals surface area contributed by atoms with Gasteiger partial charge in [-0.1, -0.05) is 0 Å². The fourth-order valence-corrected chi connectivity index (χ4v) is 2.50. The Hall–Kier alpha value is -3.30. The lowest BCUT2D eigenvalue weighted by Crippen LogP contribution is -2.45. The SMILES string of the molecule is CCOC(=O)C1=C(C)NC(=O)N[C@H]1c1cc(OC)c(O)c([N+](=O)[O-])c1. The number of nitrogens with zero attached hydrogens (tertiary/aromatic N) is 1. The number of carbonyl (C=O) groups is 2. The zero-order valence-corrected chi connectivity index (χ0v) is 13.8. The Kier molecular flexibility index (Phi) is 5.11. The maximum absolute atomic E-state index is 12.3. The smallest absolute Gasteiger partial charge is 0.338 e. The molecule has 1 aliphatic heterocycles. The third-order valence-electron chi connectivity index (χ3n) is 3.59. The molecule has 0 fully saturated rings. The number of esters is 1. The third kappa shape index (κ3) is 3.47. The van der Waals surface area contributed by atoms with E-state index in [1.165, 1.54) is 20.1 Å². The summed E-state index contributed by atoms with van der Waals surface area (Å²) >= 11 is 0. The Morgan fingerprint density at radius 1 is 1.44 bits per heavy atom. The highest BCUT2D eigenvalue weighted by Crippen LogP contribution is 2.40. The van der Waals surface area contributed by atoms with E-state index in [0.29, 0.717) is 0 Å². The zero-order chi connectivity index (χ0) is 18.7. The second-order valence-corrected chi connectivity index (χ2v) is 5.14. The predicted molar refractivity (Wildman–Crippen MR) is 85.1 cm³/mol. The summed E-state index contributed by atoms with van der Waals surface area (Å²) in [5.74, 6) is -1.47. The molecule has 0 aliphatic carbocycles. The van der Waals surface area contributed by atoms with Crippen LogP contribution in [0.5, 0.6) is 11.5 Å². The molecule has 0 bridgehead atoms. The molecule has 0 aromatic heterocycles. The topological polar surface area (TPSA) is 140 Å². The van der Waals surface area contributed by atoms with Crippen molar-refractivity contribution in [1.82, 2.24) is 10.6 Å². The Labute approximate surface area is 142 Å². The van der Waals surface area contributed by atoms with Gasteiger partial charge in [-0.15, -0.1) is 0 Å². The van der Waals surface area contributed by atoms with Crippen LogP contribution in [0.15, 0.2) is 23.4 Å². The van der Waals surface area contributed by atoms with Crippen LogP contribution in [0.4, 0.5) is 10.5 Å². The number of amides is 2. The van der Waals surface area contributed by atoms with Crippen molar-refractivity contribution in [3.63, 3.8) is 0 Å². The van der Waals surface area contributed by atoms with Crippen molar-refractivity contribution in [2.75, 3.05) is 13.7 Å². The van der Waals surface area contributed by atoms with Gasteiger partial charge in [-0.05, 0) is 25.5 Å². The quantitative estimate of drug-likeness (QED) is 0.415. The zero-order valence-electron chi connectivity index (χ0n) is 13.8. The summed E-state index contributed by atoms with van der Waals surface area (Å²) in [5, 5.41) is 26.0. The van der Waals surface area contributed by atoms with Crippen molar-refractivity contribution in [2.45, 2.75) is 19.9 Å². The number of nitro groups is 1. The van der Waals surface area contributed by atoms with E-state index < -0.39 is 34.4 Å². The van der Waals surface area contributed by atoms with Gasteiger partial charge in [0.2, 0.25) is 5.75 Å². The van der Waals surface area contributed by atoms with Crippen LogP contribution in [0.25, 0.3) is 0 Å². The van der Waals surface area contributed by atoms with Crippen LogP contribution in [0.2, 0.25) is 0 Å². The maximum atomic E-state index is 12.3. The minimum absolute atomic E-state index is 0.100. The Balaban J connectivity index is 2.62. The molecule has 1 aromatic rings. The van der Waals surface area contributed by atoms with Gasteiger partial charge in [0.05, 0.1) is 30.3 Å². The van der Waals surface area contributed by atoms with Gasteiger partial charge in [-0.25, -0.2) is 9.59 Å². The number of hydrogen-bond acceptors (Lipinski definition) is 7. The summed E-state index contributed by atoms with van der Waals surface area (Å²) in [7, 11) is 1.23. The summed E-state index contributed by atoms with van der Waals surface area (Å²) in [6, 6.07) is 0.803. The predicted octanol–water partition coefficient (Wildman–Crippen LogP) is 1.50. The number of methoxy groups -OCH3 is 1. The van der Waals surface area contributed by atoms with Crippen LogP contribution in [0, 0.1) is 10.1 Å². The van der Waals surface area contributed by atoms with Gasteiger partial charge in [0.25, 0.3) is 0 Å². The molecule has 134 valence electrons. The van der Waals surface area contributed by atoms with Gasteiger partial charge in [-0.2, -0.15) is 0 Å². The first-order chi connectivity index (χ1) is 11.8. The average Bonchev–Trinajstić information content (AvgIpc) is 2.54. The second kappa shape index (κ2) is 7.07. The number of allylic oxidation sites excluding steroid dienone is 1. The number of nitro benzene ring substituents is 1. The van der Waals surface area contributed by atoms with Gasteiger partial charge < -0.3 is 25.2 Å². The van der Waals surface area contributed by atoms with Crippen LogP contribution in [0.1, 0.15) is 25.5 Å². The molecular formula is C15H17N3O7. The van der Waals surface area contributed by atoms with Crippen molar-refractivity contribution >= 4 is 17.7 Å². The summed E-state index contributed by atoms with van der Waals surface area (Å²) in [6.07, 6.45) is 0. The van der Waals surface area contributed by atoms with Crippen LogP contribution in [-0.2, 0) is 9.53 Å². The first-order valence-corrected chi connectivity index (χ1v) is 7.30. The number of urea groups is 1. The van der Waals surface area contributed by atoms with E-state index in [4.69, 9.17) is 9.47 Å². The van der Waals surface area contributed by atoms with Crippen molar-refractivity contribution in [3.8, 4) is 11.5 Å². The molecule has 2 amide bonds. The number of nitrogens with one attached hydrogen (secondary N) is 2. The molecule has 1 aliphatic rings. The molecule has 10 nitrogen and oxygen atoms in total. The van der Waals surface area contributed by atoms with Crippen molar-refractivity contribution in [1.29, 1.82) is 0 Å². The van der Waals surface area contributed by atoms with E-state index in [2.05, 4.69) is 10.6 Å². The van der Waals surface area contributed by atoms with E-state index in [1.54, 1.807) is 6.92 Å². The van der Waals surface area contributed by atoms with E-state index in [0.717, 1.165) is 6.07 Å². The normalized spacial score (nSPS) is 16.8. The van der Waals surface area contributed by atoms with Crippen LogP contribution >= 0.6 is 0 Å². The van der Waals surface area contributed by atoms with Gasteiger partial charge in [0, 0.05) is 11.8 Å². The molecule has 0 unspecified atom stereocenters. The molecule has 10 heteroatoms. The van der Waals surface area contributed by atoms with Crippen LogP contribution < -0.4 is 15.4 Å². The minimum atomic E-state index is -0.999. The standard InChI is InChI=1S/C15H17N3O7/c1-4-25-14(20)11-7(2)16-15(21)17-12(11)8-5-9(18(22)23)13(19)10(6-8)24-3/h5-6,12,19H,4H2,1-3H3,(H2,16,17,21)/t12-/m0/s1. The number of ether oxygens (including phenoxy) is 2. The Morgan fingerprint density at radius 3 is 2.68 bits per heavy atom. The Morgan fingerprint density at radius 2 is 2.12 bits per heavy atom. The van der Waals surface area contributed by atoms with Crippen molar-refractivity contribution in [2.24, 2.45) is 0 Å². The van der Waals surface area contributed by atoms with Gasteiger partial charge >= 0.3 is 17.7 Å². The minimum Gasteiger partial charge on any atom is -0.500 e. The number of phenolic OH excluding ortho intramolecular Hbond substituents is 1. The molecule has 25 heavy (non-hydrogen) atoms. The lowest BCUT2D eigenvalue weighted by Gasteiger charge is -2.28. The molecule has 2 rings (SSSR count). The molecule has 0 saturated heterocycles. The van der Waals surface area contributed by atoms with Crippen molar-refractivity contribution in [3.05, 3.63) is 39.1 Å². The summed E-state index contributed by atoms with van der Waals surface area (Å²) in [4.78, 5) is 34.4. The number of carbonyl (C=O) groups excluding carboxylic acids is 2. The second-order valence-electron chi connectivity index (χ2n) is 5.14. The molecule has 1 heterocycles. The number of aromatic hydroxyl groups is 1. The van der Waals surface area contributed by atoms with E-state index >= 15 is 0 Å². The van der Waals surface area contributed by atoms with E-state index in [1.807, 2.05) is 0 Å². The molecule has 0 spiro atoms. The van der Waals surface area contributed by atoms with Gasteiger partial charge in [0.15, 0.2) is 5.75 Å². The Bertz CT molecular complexity index is 773. The average molecular weight is 351 g/mol. The molecule has 1 aromatic carbocycles. The monoisotopic (exact) mass is 351 g/mol. The van der Waals surface area contributed by atoms with Gasteiger partial charge in [0.1, 0.15) is 0 Å². The third-order valence-corrected chi connectivity index (χ3v) is 3.59. The fraction of sp³-hybridized carbons (Fsp3) is 0.333. The first-order valence-electron chi connectivity index (χ1n) is 7.30. The molecule has 0 radical (unpaired) electrons. The summed E-state index contributed by atoms with van der Waals surface area (Å²) < 4.78 is 9.94. The van der Waals surface area contributed by atoms with Gasteiger partial charge in [-0.3, -0.25) is 10.1 Å². The summed E-state index contributed by atoms with van der Waals surface area (Å²) in [5.41, 5.74) is -0.0491.